The van der Waals surface area contributed by atoms with Gasteiger partial charge >= 0.3 is 0 Å². The smallest absolute Gasteiger partial charge is 0.270 e. The lowest BCUT2D eigenvalue weighted by atomic mass is 10.0. The molecular formula is C22H23FN6O4S. The Hall–Kier alpha value is -3.80. The molecule has 0 unspecified atom stereocenters. The third-order valence-corrected chi connectivity index (χ3v) is 5.90. The van der Waals surface area contributed by atoms with Crippen LogP contribution in [-0.4, -0.2) is 37.3 Å². The van der Waals surface area contributed by atoms with Gasteiger partial charge in [-0.3, -0.25) is 19.7 Å². The molecule has 0 aliphatic carbocycles. The minimum absolute atomic E-state index is 0.0513. The number of hydrogen-bond donors (Lipinski definition) is 2. The number of non-ortho nitro benzene ring substituents is 1. The number of amides is 2. The van der Waals surface area contributed by atoms with Crippen molar-refractivity contribution in [1.29, 1.82) is 0 Å². The minimum Gasteiger partial charge on any atom is -0.342 e. The third kappa shape index (κ3) is 6.16. The highest BCUT2D eigenvalue weighted by Gasteiger charge is 2.26. The van der Waals surface area contributed by atoms with Crippen molar-refractivity contribution in [3.05, 3.63) is 75.9 Å². The number of benzene rings is 2. The minimum atomic E-state index is -0.560. The van der Waals surface area contributed by atoms with Crippen molar-refractivity contribution in [2.24, 2.45) is 13.0 Å². The number of carbonyl (C=O) groups is 2. The highest BCUT2D eigenvalue weighted by Crippen LogP contribution is 2.25. The van der Waals surface area contributed by atoms with E-state index >= 15 is 0 Å². The summed E-state index contributed by atoms with van der Waals surface area (Å²) in [6, 6.07) is 10.4. The van der Waals surface area contributed by atoms with Crippen molar-refractivity contribution in [3.63, 3.8) is 0 Å². The Labute approximate surface area is 199 Å². The number of anilines is 1. The SMILES string of the molecule is CC(C)[C@H](NC(=O)c1cccc([N+](=O)[O-])c1)c1nnc(SCC(=O)Nc2ccc(F)cc2)n1C. The second-order valence-corrected chi connectivity index (χ2v) is 8.69. The van der Waals surface area contributed by atoms with Crippen molar-refractivity contribution in [2.75, 3.05) is 11.1 Å². The topological polar surface area (TPSA) is 132 Å². The highest BCUT2D eigenvalue weighted by atomic mass is 32.2. The Balaban J connectivity index is 1.68. The van der Waals surface area contributed by atoms with Gasteiger partial charge in [-0.25, -0.2) is 4.39 Å². The summed E-state index contributed by atoms with van der Waals surface area (Å²) in [7, 11) is 1.73. The number of aromatic nitrogens is 3. The van der Waals surface area contributed by atoms with Gasteiger partial charge in [0.1, 0.15) is 5.82 Å². The summed E-state index contributed by atoms with van der Waals surface area (Å²) in [5.41, 5.74) is 0.466. The average molecular weight is 487 g/mol. The maximum absolute atomic E-state index is 13.0. The van der Waals surface area contributed by atoms with Crippen LogP contribution in [-0.2, 0) is 11.8 Å². The number of halogens is 1. The fraction of sp³-hybridized carbons (Fsp3) is 0.273. The van der Waals surface area contributed by atoms with Crippen molar-refractivity contribution >= 4 is 35.0 Å². The molecule has 10 nitrogen and oxygen atoms in total. The number of thioether (sulfide) groups is 1. The average Bonchev–Trinajstić information content (AvgIpc) is 3.17. The number of carbonyl (C=O) groups excluding carboxylic acids is 2. The first kappa shape index (κ1) is 24.8. The molecule has 1 atom stereocenters. The van der Waals surface area contributed by atoms with E-state index in [9.17, 15) is 24.1 Å². The van der Waals surface area contributed by atoms with Crippen LogP contribution in [0.1, 0.15) is 36.1 Å². The normalized spacial score (nSPS) is 11.8. The molecule has 178 valence electrons. The number of nitro groups is 1. The summed E-state index contributed by atoms with van der Waals surface area (Å²) in [6.07, 6.45) is 0. The zero-order valence-corrected chi connectivity index (χ0v) is 19.5. The van der Waals surface area contributed by atoms with Gasteiger partial charge in [0.05, 0.1) is 16.7 Å². The van der Waals surface area contributed by atoms with E-state index in [1.165, 1.54) is 48.5 Å². The van der Waals surface area contributed by atoms with Crippen LogP contribution in [0.2, 0.25) is 0 Å². The number of nitro benzene ring substituents is 1. The van der Waals surface area contributed by atoms with Gasteiger partial charge in [0.15, 0.2) is 11.0 Å². The van der Waals surface area contributed by atoms with E-state index in [1.807, 2.05) is 13.8 Å². The molecular weight excluding hydrogens is 463 g/mol. The van der Waals surface area contributed by atoms with E-state index in [4.69, 9.17) is 0 Å². The number of nitrogens with zero attached hydrogens (tertiary/aromatic N) is 4. The van der Waals surface area contributed by atoms with Crippen molar-refractivity contribution < 1.29 is 18.9 Å². The second kappa shape index (κ2) is 10.9. The Bertz CT molecular complexity index is 1200. The van der Waals surface area contributed by atoms with Crippen molar-refractivity contribution in [3.8, 4) is 0 Å². The molecule has 2 aromatic carbocycles. The molecule has 2 N–H and O–H groups in total. The van der Waals surface area contributed by atoms with Crippen LogP contribution in [0.5, 0.6) is 0 Å². The quantitative estimate of drug-likeness (QED) is 0.268. The van der Waals surface area contributed by atoms with Crippen LogP contribution in [0.3, 0.4) is 0 Å². The van der Waals surface area contributed by atoms with Gasteiger partial charge in [0, 0.05) is 30.4 Å². The Morgan fingerprint density at radius 3 is 2.53 bits per heavy atom. The lowest BCUT2D eigenvalue weighted by Crippen LogP contribution is -2.33. The van der Waals surface area contributed by atoms with Gasteiger partial charge in [0.2, 0.25) is 5.91 Å². The molecule has 0 bridgehead atoms. The molecule has 1 aromatic heterocycles. The van der Waals surface area contributed by atoms with Gasteiger partial charge in [-0.1, -0.05) is 31.7 Å². The molecule has 0 saturated carbocycles. The summed E-state index contributed by atoms with van der Waals surface area (Å²) in [4.78, 5) is 35.4. The molecule has 0 spiro atoms. The lowest BCUT2D eigenvalue weighted by molar-refractivity contribution is -0.384. The standard InChI is InChI=1S/C22H23FN6O4S/c1-13(2)19(25-21(31)14-5-4-6-17(11-14)29(32)33)20-26-27-22(28(20)3)34-12-18(30)24-16-9-7-15(23)8-10-16/h4-11,13,19H,12H2,1-3H3,(H,24,30)(H,25,31)/t19-/m0/s1. The van der Waals surface area contributed by atoms with Crippen LogP contribution in [0.15, 0.2) is 53.7 Å². The van der Waals surface area contributed by atoms with Crippen LogP contribution in [0.4, 0.5) is 15.8 Å². The van der Waals surface area contributed by atoms with E-state index in [-0.39, 0.29) is 28.8 Å². The first-order valence-corrected chi connectivity index (χ1v) is 11.3. The summed E-state index contributed by atoms with van der Waals surface area (Å²) >= 11 is 1.16. The van der Waals surface area contributed by atoms with Gasteiger partial charge < -0.3 is 15.2 Å². The molecule has 34 heavy (non-hydrogen) atoms. The van der Waals surface area contributed by atoms with E-state index in [0.717, 1.165) is 11.8 Å². The summed E-state index contributed by atoms with van der Waals surface area (Å²) in [6.45, 7) is 3.80. The molecule has 0 aliphatic rings. The molecule has 0 aliphatic heterocycles. The van der Waals surface area contributed by atoms with E-state index in [2.05, 4.69) is 20.8 Å². The largest absolute Gasteiger partial charge is 0.342 e. The number of nitrogens with one attached hydrogen (secondary N) is 2. The van der Waals surface area contributed by atoms with Crippen LogP contribution in [0, 0.1) is 21.8 Å². The van der Waals surface area contributed by atoms with E-state index in [0.29, 0.717) is 16.7 Å². The van der Waals surface area contributed by atoms with Crippen LogP contribution < -0.4 is 10.6 Å². The van der Waals surface area contributed by atoms with E-state index in [1.54, 1.807) is 11.6 Å². The molecule has 0 saturated heterocycles. The fourth-order valence-electron chi connectivity index (χ4n) is 3.10. The second-order valence-electron chi connectivity index (χ2n) is 7.75. The maximum Gasteiger partial charge on any atom is 0.270 e. The first-order chi connectivity index (χ1) is 16.2. The third-order valence-electron chi connectivity index (χ3n) is 4.88. The van der Waals surface area contributed by atoms with Crippen molar-refractivity contribution in [1.82, 2.24) is 20.1 Å². The van der Waals surface area contributed by atoms with Gasteiger partial charge in [-0.15, -0.1) is 10.2 Å². The van der Waals surface area contributed by atoms with Gasteiger partial charge in [-0.05, 0) is 36.2 Å². The molecule has 3 aromatic rings. The molecule has 0 radical (unpaired) electrons. The lowest BCUT2D eigenvalue weighted by Gasteiger charge is -2.21. The summed E-state index contributed by atoms with van der Waals surface area (Å²) < 4.78 is 14.7. The van der Waals surface area contributed by atoms with E-state index < -0.39 is 22.7 Å². The predicted octanol–water partition coefficient (Wildman–Crippen LogP) is 3.72. The van der Waals surface area contributed by atoms with Crippen LogP contribution >= 0.6 is 11.8 Å². The van der Waals surface area contributed by atoms with Gasteiger partial charge in [0.25, 0.3) is 11.6 Å². The molecule has 0 fully saturated rings. The summed E-state index contributed by atoms with van der Waals surface area (Å²) in [5, 5.41) is 25.4. The highest BCUT2D eigenvalue weighted by molar-refractivity contribution is 7.99. The molecule has 2 amide bonds. The zero-order chi connectivity index (χ0) is 24.8. The monoisotopic (exact) mass is 486 g/mol. The Kier molecular flexibility index (Phi) is 7.95. The Morgan fingerprint density at radius 1 is 1.18 bits per heavy atom. The molecule has 1 heterocycles. The van der Waals surface area contributed by atoms with Crippen LogP contribution in [0.25, 0.3) is 0 Å². The first-order valence-electron chi connectivity index (χ1n) is 10.3. The van der Waals surface area contributed by atoms with Crippen molar-refractivity contribution in [2.45, 2.75) is 25.0 Å². The predicted molar refractivity (Wildman–Crippen MR) is 125 cm³/mol. The summed E-state index contributed by atoms with van der Waals surface area (Å²) in [5.74, 6) is -0.689. The zero-order valence-electron chi connectivity index (χ0n) is 18.7. The van der Waals surface area contributed by atoms with Gasteiger partial charge in [-0.2, -0.15) is 0 Å². The molecule has 12 heteroatoms. The number of hydrogen-bond acceptors (Lipinski definition) is 7. The molecule has 3 rings (SSSR count). The maximum atomic E-state index is 13.0. The fourth-order valence-corrected chi connectivity index (χ4v) is 3.82. The number of rotatable bonds is 9. The Morgan fingerprint density at radius 2 is 1.88 bits per heavy atom.